The molecule has 0 saturated carbocycles. The molecule has 128 valence electrons. The maximum Gasteiger partial charge on any atom is 0.335 e. The van der Waals surface area contributed by atoms with E-state index >= 15 is 0 Å². The molecule has 0 bridgehead atoms. The molecule has 9 heteroatoms. The van der Waals surface area contributed by atoms with Crippen LogP contribution in [0.1, 0.15) is 23.2 Å². The molecule has 1 aromatic rings. The lowest BCUT2D eigenvalue weighted by Crippen LogP contribution is -2.15. The normalized spacial score (nSPS) is 10.9. The number of carboxylic acids is 1. The predicted octanol–water partition coefficient (Wildman–Crippen LogP) is 1.17. The van der Waals surface area contributed by atoms with Crippen molar-refractivity contribution in [1.29, 1.82) is 0 Å². The van der Waals surface area contributed by atoms with Gasteiger partial charge in [-0.05, 0) is 18.6 Å². The molecule has 0 radical (unpaired) electrons. The van der Waals surface area contributed by atoms with E-state index in [1.165, 1.54) is 26.4 Å². The zero-order valence-corrected chi connectivity index (χ0v) is 13.9. The summed E-state index contributed by atoms with van der Waals surface area (Å²) in [6, 6.07) is 2.53. The highest BCUT2D eigenvalue weighted by atomic mass is 32.2. The predicted molar refractivity (Wildman–Crippen MR) is 84.1 cm³/mol. The van der Waals surface area contributed by atoms with Gasteiger partial charge in [-0.15, -0.1) is 0 Å². The second kappa shape index (κ2) is 7.82. The number of amides is 1. The first-order valence-electron chi connectivity index (χ1n) is 6.65. The molecule has 0 heterocycles. The molecule has 8 nitrogen and oxygen atoms in total. The fourth-order valence-corrected chi connectivity index (χ4v) is 2.56. The minimum absolute atomic E-state index is 0.0180. The van der Waals surface area contributed by atoms with E-state index in [2.05, 4.69) is 5.32 Å². The van der Waals surface area contributed by atoms with Gasteiger partial charge in [0, 0.05) is 12.7 Å². The largest absolute Gasteiger partial charge is 0.493 e. The maximum atomic E-state index is 11.9. The average Bonchev–Trinajstić information content (AvgIpc) is 2.44. The fraction of sp³-hybridized carbons (Fsp3) is 0.429. The van der Waals surface area contributed by atoms with Crippen molar-refractivity contribution in [2.24, 2.45) is 0 Å². The van der Waals surface area contributed by atoms with Crippen molar-refractivity contribution in [2.45, 2.75) is 12.8 Å². The third-order valence-electron chi connectivity index (χ3n) is 2.92. The Morgan fingerprint density at radius 1 is 1.22 bits per heavy atom. The van der Waals surface area contributed by atoms with Gasteiger partial charge in [-0.1, -0.05) is 0 Å². The van der Waals surface area contributed by atoms with Crippen molar-refractivity contribution < 1.29 is 32.6 Å². The number of carbonyl (C=O) groups excluding carboxylic acids is 1. The number of anilines is 1. The lowest BCUT2D eigenvalue weighted by molar-refractivity contribution is -0.116. The highest BCUT2D eigenvalue weighted by Crippen LogP contribution is 2.36. The Kier molecular flexibility index (Phi) is 6.38. The molecule has 0 aliphatic carbocycles. The highest BCUT2D eigenvalue weighted by Gasteiger charge is 2.17. The van der Waals surface area contributed by atoms with Gasteiger partial charge in [-0.25, -0.2) is 13.2 Å². The molecule has 1 amide bonds. The summed E-state index contributed by atoms with van der Waals surface area (Å²) < 4.78 is 32.3. The Morgan fingerprint density at radius 3 is 2.35 bits per heavy atom. The molecule has 0 aliphatic heterocycles. The Labute approximate surface area is 134 Å². The number of nitrogens with one attached hydrogen (secondary N) is 1. The van der Waals surface area contributed by atoms with Gasteiger partial charge in [0.15, 0.2) is 11.5 Å². The first-order valence-corrected chi connectivity index (χ1v) is 8.71. The van der Waals surface area contributed by atoms with Crippen LogP contribution in [0, 0.1) is 0 Å². The van der Waals surface area contributed by atoms with Gasteiger partial charge >= 0.3 is 5.97 Å². The first-order chi connectivity index (χ1) is 10.7. The monoisotopic (exact) mass is 345 g/mol. The summed E-state index contributed by atoms with van der Waals surface area (Å²) in [7, 11) is -0.429. The van der Waals surface area contributed by atoms with E-state index in [0.29, 0.717) is 0 Å². The van der Waals surface area contributed by atoms with Crippen LogP contribution >= 0.6 is 0 Å². The van der Waals surface area contributed by atoms with Gasteiger partial charge in [0.2, 0.25) is 5.91 Å². The third kappa shape index (κ3) is 5.78. The van der Waals surface area contributed by atoms with E-state index in [0.717, 1.165) is 6.26 Å². The topological polar surface area (TPSA) is 119 Å². The van der Waals surface area contributed by atoms with Crippen molar-refractivity contribution in [3.05, 3.63) is 17.7 Å². The number of carbonyl (C=O) groups is 2. The third-order valence-corrected chi connectivity index (χ3v) is 3.95. The molecule has 2 N–H and O–H groups in total. The van der Waals surface area contributed by atoms with E-state index in [9.17, 15) is 18.0 Å². The summed E-state index contributed by atoms with van der Waals surface area (Å²) in [6.45, 7) is 0. The quantitative estimate of drug-likeness (QED) is 0.725. The van der Waals surface area contributed by atoms with Crippen LogP contribution in [0.4, 0.5) is 5.69 Å². The molecule has 1 rings (SSSR count). The second-order valence-electron chi connectivity index (χ2n) is 4.85. The van der Waals surface area contributed by atoms with E-state index in [4.69, 9.17) is 14.6 Å². The number of ether oxygens (including phenoxy) is 2. The number of hydrogen-bond donors (Lipinski definition) is 2. The smallest absolute Gasteiger partial charge is 0.335 e. The lowest BCUT2D eigenvalue weighted by atomic mass is 10.1. The summed E-state index contributed by atoms with van der Waals surface area (Å²) >= 11 is 0. The Morgan fingerprint density at radius 2 is 1.87 bits per heavy atom. The van der Waals surface area contributed by atoms with Crippen molar-refractivity contribution in [3.63, 3.8) is 0 Å². The number of benzene rings is 1. The molecule has 0 spiro atoms. The molecular weight excluding hydrogens is 326 g/mol. The van der Waals surface area contributed by atoms with Crippen LogP contribution in [0.2, 0.25) is 0 Å². The van der Waals surface area contributed by atoms with Crippen molar-refractivity contribution in [2.75, 3.05) is 31.5 Å². The van der Waals surface area contributed by atoms with E-state index in [-0.39, 0.29) is 41.3 Å². The van der Waals surface area contributed by atoms with Crippen LogP contribution in [-0.2, 0) is 14.6 Å². The fourth-order valence-electron chi connectivity index (χ4n) is 1.89. The molecule has 0 atom stereocenters. The molecule has 0 aromatic heterocycles. The van der Waals surface area contributed by atoms with E-state index in [1.807, 2.05) is 0 Å². The van der Waals surface area contributed by atoms with Gasteiger partial charge < -0.3 is 19.9 Å². The summed E-state index contributed by atoms with van der Waals surface area (Å²) in [5, 5.41) is 11.6. The summed E-state index contributed by atoms with van der Waals surface area (Å²) in [5.74, 6) is -1.38. The van der Waals surface area contributed by atoms with Crippen LogP contribution in [0.3, 0.4) is 0 Å². The summed E-state index contributed by atoms with van der Waals surface area (Å²) in [5.41, 5.74) is 0.0719. The van der Waals surface area contributed by atoms with Crippen LogP contribution in [0.15, 0.2) is 12.1 Å². The number of rotatable bonds is 8. The average molecular weight is 345 g/mol. The Hall–Kier alpha value is -2.29. The van der Waals surface area contributed by atoms with Crippen LogP contribution < -0.4 is 14.8 Å². The van der Waals surface area contributed by atoms with E-state index in [1.54, 1.807) is 0 Å². The van der Waals surface area contributed by atoms with Gasteiger partial charge in [0.25, 0.3) is 0 Å². The standard InChI is InChI=1S/C14H19NO7S/c1-21-11-8-9(14(17)18)7-10(13(11)22-2)15-12(16)5-4-6-23(3,19)20/h7-8H,4-6H2,1-3H3,(H,15,16)(H,17,18). The van der Waals surface area contributed by atoms with Gasteiger partial charge in [0.1, 0.15) is 9.84 Å². The second-order valence-corrected chi connectivity index (χ2v) is 7.11. The highest BCUT2D eigenvalue weighted by molar-refractivity contribution is 7.90. The van der Waals surface area contributed by atoms with Crippen molar-refractivity contribution in [3.8, 4) is 11.5 Å². The number of methoxy groups -OCH3 is 2. The van der Waals surface area contributed by atoms with E-state index < -0.39 is 21.7 Å². The van der Waals surface area contributed by atoms with Crippen LogP contribution in [0.25, 0.3) is 0 Å². The number of aromatic carboxylic acids is 1. The van der Waals surface area contributed by atoms with Gasteiger partial charge in [-0.3, -0.25) is 4.79 Å². The minimum Gasteiger partial charge on any atom is -0.493 e. The molecule has 1 aromatic carbocycles. The molecule has 23 heavy (non-hydrogen) atoms. The van der Waals surface area contributed by atoms with Gasteiger partial charge in [0.05, 0.1) is 31.2 Å². The number of carboxylic acid groups (broad SMARTS) is 1. The maximum absolute atomic E-state index is 11.9. The van der Waals surface area contributed by atoms with Crippen molar-refractivity contribution >= 4 is 27.4 Å². The number of hydrogen-bond acceptors (Lipinski definition) is 6. The molecule has 0 fully saturated rings. The zero-order chi connectivity index (χ0) is 17.6. The molecule has 0 aliphatic rings. The summed E-state index contributed by atoms with van der Waals surface area (Å²) in [4.78, 5) is 23.0. The van der Waals surface area contributed by atoms with Crippen molar-refractivity contribution in [1.82, 2.24) is 0 Å². The molecule has 0 unspecified atom stereocenters. The van der Waals surface area contributed by atoms with Crippen LogP contribution in [-0.4, -0.2) is 51.6 Å². The minimum atomic E-state index is -3.14. The summed E-state index contributed by atoms with van der Waals surface area (Å²) in [6.07, 6.45) is 1.24. The van der Waals surface area contributed by atoms with Crippen LogP contribution in [0.5, 0.6) is 11.5 Å². The SMILES string of the molecule is COc1cc(C(=O)O)cc(NC(=O)CCCS(C)(=O)=O)c1OC. The molecule has 0 saturated heterocycles. The first kappa shape index (κ1) is 18.8. The number of sulfone groups is 1. The zero-order valence-electron chi connectivity index (χ0n) is 13.1. The molecular formula is C14H19NO7S. The Bertz CT molecular complexity index is 697. The lowest BCUT2D eigenvalue weighted by Gasteiger charge is -2.14. The Balaban J connectivity index is 2.95. The van der Waals surface area contributed by atoms with Gasteiger partial charge in [-0.2, -0.15) is 0 Å².